The Morgan fingerprint density at radius 3 is 2.57 bits per heavy atom. The van der Waals surface area contributed by atoms with E-state index in [9.17, 15) is 4.79 Å². The predicted octanol–water partition coefficient (Wildman–Crippen LogP) is 3.29. The monoisotopic (exact) mass is 305 g/mol. The van der Waals surface area contributed by atoms with Crippen LogP contribution in [0.4, 0.5) is 0 Å². The molecule has 1 aromatic rings. The highest BCUT2D eigenvalue weighted by atomic mass is 35.5. The largest absolute Gasteiger partial charge is 0.370 e. The standard InChI is InChI=1S/C17H20ClNO2/c18-15-3-1-11(2-4-15)16-10-19(5-6-21-16)17(20)14-8-12-7-13(12)9-14/h1-4,12-14,16H,5-10H2. The van der Waals surface area contributed by atoms with Gasteiger partial charge in [0.15, 0.2) is 0 Å². The highest BCUT2D eigenvalue weighted by molar-refractivity contribution is 6.30. The molecule has 0 spiro atoms. The van der Waals surface area contributed by atoms with Crippen molar-refractivity contribution in [2.45, 2.75) is 25.4 Å². The molecule has 3 fully saturated rings. The molecule has 3 nitrogen and oxygen atoms in total. The summed E-state index contributed by atoms with van der Waals surface area (Å²) in [4.78, 5) is 14.7. The number of hydrogen-bond donors (Lipinski definition) is 0. The Kier molecular flexibility index (Phi) is 3.43. The SMILES string of the molecule is O=C(C1CC2CC2C1)N1CCOC(c2ccc(Cl)cc2)C1. The lowest BCUT2D eigenvalue weighted by Gasteiger charge is -2.35. The molecule has 3 unspecified atom stereocenters. The minimum atomic E-state index is -0.0177. The number of hydrogen-bond acceptors (Lipinski definition) is 2. The van der Waals surface area contributed by atoms with E-state index in [0.29, 0.717) is 19.1 Å². The molecule has 0 aromatic heterocycles. The average molecular weight is 306 g/mol. The maximum Gasteiger partial charge on any atom is 0.225 e. The molecule has 0 bridgehead atoms. The molecular weight excluding hydrogens is 286 g/mol. The first-order valence-electron chi connectivity index (χ1n) is 7.86. The first-order chi connectivity index (χ1) is 10.2. The van der Waals surface area contributed by atoms with Gasteiger partial charge in [0, 0.05) is 17.5 Å². The Hall–Kier alpha value is -1.06. The summed E-state index contributed by atoms with van der Waals surface area (Å²) in [6.45, 7) is 2.03. The number of amides is 1. The summed E-state index contributed by atoms with van der Waals surface area (Å²) in [6.07, 6.45) is 3.58. The molecule has 1 saturated heterocycles. The van der Waals surface area contributed by atoms with E-state index in [1.54, 1.807) is 0 Å². The van der Waals surface area contributed by atoms with Crippen molar-refractivity contribution < 1.29 is 9.53 Å². The van der Waals surface area contributed by atoms with Crippen LogP contribution < -0.4 is 0 Å². The fourth-order valence-corrected chi connectivity index (χ4v) is 4.03. The molecular formula is C17H20ClNO2. The minimum Gasteiger partial charge on any atom is -0.370 e. The second-order valence-corrected chi connectivity index (χ2v) is 7.06. The van der Waals surface area contributed by atoms with E-state index in [-0.39, 0.29) is 12.0 Å². The number of nitrogens with zero attached hydrogens (tertiary/aromatic N) is 1. The predicted molar refractivity (Wildman–Crippen MR) is 81.0 cm³/mol. The molecule has 1 amide bonds. The van der Waals surface area contributed by atoms with Gasteiger partial charge in [-0.05, 0) is 48.8 Å². The zero-order valence-electron chi connectivity index (χ0n) is 12.0. The van der Waals surface area contributed by atoms with E-state index in [1.807, 2.05) is 29.2 Å². The zero-order chi connectivity index (χ0) is 14.4. The molecule has 4 heteroatoms. The number of halogens is 1. The molecule has 1 aliphatic heterocycles. The lowest BCUT2D eigenvalue weighted by atomic mass is 10.0. The quantitative estimate of drug-likeness (QED) is 0.839. The number of rotatable bonds is 2. The number of fused-ring (bicyclic) bond motifs is 1. The number of ether oxygens (including phenoxy) is 1. The first-order valence-corrected chi connectivity index (χ1v) is 8.24. The Balaban J connectivity index is 1.42. The maximum atomic E-state index is 12.6. The second-order valence-electron chi connectivity index (χ2n) is 6.62. The van der Waals surface area contributed by atoms with Crippen LogP contribution in [0.25, 0.3) is 0 Å². The second kappa shape index (κ2) is 5.29. The normalized spacial score (nSPS) is 34.6. The third-order valence-electron chi connectivity index (χ3n) is 5.21. The fraction of sp³-hybridized carbons (Fsp3) is 0.588. The van der Waals surface area contributed by atoms with Crippen molar-refractivity contribution >= 4 is 17.5 Å². The van der Waals surface area contributed by atoms with Crippen LogP contribution in [-0.2, 0) is 9.53 Å². The van der Waals surface area contributed by atoms with Crippen LogP contribution in [0.5, 0.6) is 0 Å². The van der Waals surface area contributed by atoms with Gasteiger partial charge in [0.1, 0.15) is 6.10 Å². The summed E-state index contributed by atoms with van der Waals surface area (Å²) in [5.74, 6) is 2.33. The first kappa shape index (κ1) is 13.6. The summed E-state index contributed by atoms with van der Waals surface area (Å²) < 4.78 is 5.84. The molecule has 1 aromatic carbocycles. The van der Waals surface area contributed by atoms with Gasteiger partial charge in [0.05, 0.1) is 13.2 Å². The van der Waals surface area contributed by atoms with Crippen molar-refractivity contribution in [3.8, 4) is 0 Å². The van der Waals surface area contributed by atoms with Gasteiger partial charge in [-0.25, -0.2) is 0 Å². The summed E-state index contributed by atoms with van der Waals surface area (Å²) in [7, 11) is 0. The van der Waals surface area contributed by atoms with Crippen molar-refractivity contribution in [1.29, 1.82) is 0 Å². The number of carbonyl (C=O) groups is 1. The van der Waals surface area contributed by atoms with Crippen LogP contribution in [-0.4, -0.2) is 30.5 Å². The summed E-state index contributed by atoms with van der Waals surface area (Å²) >= 11 is 5.93. The Morgan fingerprint density at radius 1 is 1.14 bits per heavy atom. The van der Waals surface area contributed by atoms with Gasteiger partial charge in [0.25, 0.3) is 0 Å². The zero-order valence-corrected chi connectivity index (χ0v) is 12.8. The van der Waals surface area contributed by atoms with Crippen LogP contribution in [0.2, 0.25) is 5.02 Å². The van der Waals surface area contributed by atoms with Crippen LogP contribution in [0.3, 0.4) is 0 Å². The van der Waals surface area contributed by atoms with Crippen molar-refractivity contribution in [3.05, 3.63) is 34.9 Å². The van der Waals surface area contributed by atoms with Gasteiger partial charge in [-0.15, -0.1) is 0 Å². The highest BCUT2D eigenvalue weighted by Crippen LogP contribution is 2.54. The van der Waals surface area contributed by atoms with Crippen LogP contribution >= 0.6 is 11.6 Å². The smallest absolute Gasteiger partial charge is 0.225 e. The summed E-state index contributed by atoms with van der Waals surface area (Å²) in [6, 6.07) is 7.74. The lowest BCUT2D eigenvalue weighted by molar-refractivity contribution is -0.143. The van der Waals surface area contributed by atoms with Gasteiger partial charge >= 0.3 is 0 Å². The molecule has 21 heavy (non-hydrogen) atoms. The molecule has 0 N–H and O–H groups in total. The van der Waals surface area contributed by atoms with Crippen molar-refractivity contribution in [3.63, 3.8) is 0 Å². The molecule has 4 rings (SSSR count). The number of morpholine rings is 1. The van der Waals surface area contributed by atoms with E-state index in [2.05, 4.69) is 0 Å². The van der Waals surface area contributed by atoms with Gasteiger partial charge in [-0.1, -0.05) is 23.7 Å². The van der Waals surface area contributed by atoms with Gasteiger partial charge in [-0.2, -0.15) is 0 Å². The maximum absolute atomic E-state index is 12.6. The topological polar surface area (TPSA) is 29.5 Å². The third kappa shape index (κ3) is 2.69. The van der Waals surface area contributed by atoms with Crippen LogP contribution in [0, 0.1) is 17.8 Å². The molecule has 2 aliphatic carbocycles. The van der Waals surface area contributed by atoms with Gasteiger partial charge in [0.2, 0.25) is 5.91 Å². The van der Waals surface area contributed by atoms with Crippen molar-refractivity contribution in [1.82, 2.24) is 4.90 Å². The Morgan fingerprint density at radius 2 is 1.86 bits per heavy atom. The van der Waals surface area contributed by atoms with Crippen LogP contribution in [0.1, 0.15) is 30.9 Å². The molecule has 3 aliphatic rings. The summed E-state index contributed by atoms with van der Waals surface area (Å²) in [5, 5.41) is 0.729. The summed E-state index contributed by atoms with van der Waals surface area (Å²) in [5.41, 5.74) is 1.10. The van der Waals surface area contributed by atoms with E-state index in [4.69, 9.17) is 16.3 Å². The Labute approximate surface area is 130 Å². The van der Waals surface area contributed by atoms with Gasteiger partial charge in [-0.3, -0.25) is 4.79 Å². The number of benzene rings is 1. The van der Waals surface area contributed by atoms with Crippen LogP contribution in [0.15, 0.2) is 24.3 Å². The minimum absolute atomic E-state index is 0.0177. The van der Waals surface area contributed by atoms with E-state index in [1.165, 1.54) is 6.42 Å². The lowest BCUT2D eigenvalue weighted by Crippen LogP contribution is -2.44. The molecule has 1 heterocycles. The molecule has 2 saturated carbocycles. The number of carbonyl (C=O) groups excluding carboxylic acids is 1. The Bertz CT molecular complexity index is 534. The fourth-order valence-electron chi connectivity index (χ4n) is 3.90. The van der Waals surface area contributed by atoms with E-state index in [0.717, 1.165) is 41.8 Å². The van der Waals surface area contributed by atoms with E-state index < -0.39 is 0 Å². The molecule has 3 atom stereocenters. The highest BCUT2D eigenvalue weighted by Gasteiger charge is 2.49. The van der Waals surface area contributed by atoms with Crippen molar-refractivity contribution in [2.75, 3.05) is 19.7 Å². The third-order valence-corrected chi connectivity index (χ3v) is 5.46. The molecule has 0 radical (unpaired) electrons. The van der Waals surface area contributed by atoms with E-state index >= 15 is 0 Å². The molecule has 112 valence electrons. The van der Waals surface area contributed by atoms with Crippen molar-refractivity contribution in [2.24, 2.45) is 17.8 Å². The van der Waals surface area contributed by atoms with Gasteiger partial charge < -0.3 is 9.64 Å². The average Bonchev–Trinajstić information content (AvgIpc) is 3.13.